The zero-order valence-corrected chi connectivity index (χ0v) is 16.2. The third kappa shape index (κ3) is 3.76. The highest BCUT2D eigenvalue weighted by Gasteiger charge is 2.32. The normalized spacial score (nSPS) is 20.0. The Hall–Kier alpha value is -2.77. The van der Waals surface area contributed by atoms with Gasteiger partial charge in [0.25, 0.3) is 0 Å². The molecule has 0 saturated carbocycles. The number of para-hydroxylation sites is 1. The van der Waals surface area contributed by atoms with E-state index in [-0.39, 0.29) is 18.4 Å². The van der Waals surface area contributed by atoms with Gasteiger partial charge in [-0.1, -0.05) is 18.2 Å². The number of aliphatic hydroxyl groups is 1. The Bertz CT molecular complexity index is 994. The van der Waals surface area contributed by atoms with Gasteiger partial charge in [-0.05, 0) is 31.0 Å². The molecule has 0 aliphatic carbocycles. The van der Waals surface area contributed by atoms with E-state index in [4.69, 9.17) is 0 Å². The third-order valence-electron chi connectivity index (χ3n) is 5.58. The van der Waals surface area contributed by atoms with Crippen LogP contribution in [0.4, 0.5) is 5.69 Å². The van der Waals surface area contributed by atoms with E-state index in [2.05, 4.69) is 21.5 Å². The Kier molecular flexibility index (Phi) is 5.11. The standard InChI is InChI=1S/C21H25N5O2/c1-14-19(10-23-25(14)2)24-21(28)13-26-11-16(20(27)12-26)9-15-7-8-22-18-6-4-3-5-17(15)18/h3-8,10,16,20,27H,9,11-13H2,1-2H3,(H,24,28)/t16-,20-/m1/s1. The maximum atomic E-state index is 12.4. The highest BCUT2D eigenvalue weighted by Crippen LogP contribution is 2.25. The molecule has 4 rings (SSSR count). The summed E-state index contributed by atoms with van der Waals surface area (Å²) in [6.07, 6.45) is 3.80. The van der Waals surface area contributed by atoms with Crippen LogP contribution in [-0.4, -0.2) is 56.4 Å². The SMILES string of the molecule is Cc1c(NC(=O)CN2C[C@@H](Cc3ccnc4ccccc34)[C@H](O)C2)cnn1C. The van der Waals surface area contributed by atoms with Crippen molar-refractivity contribution in [1.82, 2.24) is 19.7 Å². The smallest absolute Gasteiger partial charge is 0.238 e. The number of aliphatic hydroxyl groups excluding tert-OH is 1. The lowest BCUT2D eigenvalue weighted by Crippen LogP contribution is -2.32. The van der Waals surface area contributed by atoms with E-state index < -0.39 is 6.10 Å². The van der Waals surface area contributed by atoms with Crippen molar-refractivity contribution in [1.29, 1.82) is 0 Å². The summed E-state index contributed by atoms with van der Waals surface area (Å²) in [5.74, 6) is 0.0112. The van der Waals surface area contributed by atoms with Gasteiger partial charge < -0.3 is 10.4 Å². The average molecular weight is 379 g/mol. The summed E-state index contributed by atoms with van der Waals surface area (Å²) in [5, 5.41) is 18.7. The maximum Gasteiger partial charge on any atom is 0.238 e. The molecular formula is C21H25N5O2. The summed E-state index contributed by atoms with van der Waals surface area (Å²) in [6, 6.07) is 10.1. The van der Waals surface area contributed by atoms with Crippen LogP contribution in [0.5, 0.6) is 0 Å². The van der Waals surface area contributed by atoms with Gasteiger partial charge in [0.1, 0.15) is 0 Å². The van der Waals surface area contributed by atoms with Gasteiger partial charge in [-0.2, -0.15) is 5.10 Å². The summed E-state index contributed by atoms with van der Waals surface area (Å²) in [4.78, 5) is 18.8. The number of benzene rings is 1. The first-order chi connectivity index (χ1) is 13.5. The molecule has 2 atom stereocenters. The molecule has 1 aliphatic heterocycles. The molecule has 1 aliphatic rings. The molecule has 3 aromatic rings. The molecule has 7 nitrogen and oxygen atoms in total. The Morgan fingerprint density at radius 3 is 2.89 bits per heavy atom. The van der Waals surface area contributed by atoms with Gasteiger partial charge in [0, 0.05) is 37.6 Å². The minimum atomic E-state index is -0.445. The molecule has 0 spiro atoms. The Labute approximate surface area is 164 Å². The fourth-order valence-corrected chi connectivity index (χ4v) is 3.90. The van der Waals surface area contributed by atoms with Crippen LogP contribution in [0.3, 0.4) is 0 Å². The van der Waals surface area contributed by atoms with Crippen molar-refractivity contribution < 1.29 is 9.90 Å². The number of likely N-dealkylation sites (tertiary alicyclic amines) is 1. The lowest BCUT2D eigenvalue weighted by atomic mass is 9.94. The second kappa shape index (κ2) is 7.69. The number of nitrogens with one attached hydrogen (secondary N) is 1. The molecule has 2 N–H and O–H groups in total. The van der Waals surface area contributed by atoms with Crippen molar-refractivity contribution in [3.63, 3.8) is 0 Å². The molecule has 28 heavy (non-hydrogen) atoms. The Balaban J connectivity index is 1.39. The number of hydrogen-bond donors (Lipinski definition) is 2. The van der Waals surface area contributed by atoms with Crippen LogP contribution in [0.1, 0.15) is 11.3 Å². The average Bonchev–Trinajstić information content (AvgIpc) is 3.18. The van der Waals surface area contributed by atoms with E-state index in [1.165, 1.54) is 5.56 Å². The van der Waals surface area contributed by atoms with Crippen molar-refractivity contribution in [2.45, 2.75) is 19.4 Å². The number of carbonyl (C=O) groups excluding carboxylic acids is 1. The molecule has 0 radical (unpaired) electrons. The first-order valence-corrected chi connectivity index (χ1v) is 9.53. The molecule has 0 unspecified atom stereocenters. The first-order valence-electron chi connectivity index (χ1n) is 9.53. The van der Waals surface area contributed by atoms with Gasteiger partial charge in [-0.25, -0.2) is 0 Å². The van der Waals surface area contributed by atoms with E-state index >= 15 is 0 Å². The van der Waals surface area contributed by atoms with Gasteiger partial charge in [0.15, 0.2) is 0 Å². The van der Waals surface area contributed by atoms with Crippen LogP contribution in [0.25, 0.3) is 10.9 Å². The van der Waals surface area contributed by atoms with Crippen molar-refractivity contribution in [2.24, 2.45) is 13.0 Å². The predicted octanol–water partition coefficient (Wildman–Crippen LogP) is 1.75. The summed E-state index contributed by atoms with van der Waals surface area (Å²) >= 11 is 0. The fourth-order valence-electron chi connectivity index (χ4n) is 3.90. The zero-order valence-electron chi connectivity index (χ0n) is 16.2. The number of β-amino-alcohol motifs (C(OH)–C–C–N with tert-alkyl or cyclic N) is 1. The van der Waals surface area contributed by atoms with Crippen LogP contribution in [0.2, 0.25) is 0 Å². The second-order valence-electron chi connectivity index (χ2n) is 7.53. The van der Waals surface area contributed by atoms with Crippen LogP contribution in [-0.2, 0) is 18.3 Å². The molecule has 146 valence electrons. The number of rotatable bonds is 5. The summed E-state index contributed by atoms with van der Waals surface area (Å²) in [7, 11) is 1.84. The molecule has 3 heterocycles. The lowest BCUT2D eigenvalue weighted by Gasteiger charge is -2.16. The summed E-state index contributed by atoms with van der Waals surface area (Å²) in [5.41, 5.74) is 3.80. The van der Waals surface area contributed by atoms with Crippen molar-refractivity contribution in [2.75, 3.05) is 25.0 Å². The monoisotopic (exact) mass is 379 g/mol. The molecular weight excluding hydrogens is 354 g/mol. The summed E-state index contributed by atoms with van der Waals surface area (Å²) < 4.78 is 1.73. The number of aryl methyl sites for hydroxylation is 1. The van der Waals surface area contributed by atoms with Crippen LogP contribution in [0, 0.1) is 12.8 Å². The van der Waals surface area contributed by atoms with Crippen molar-refractivity contribution in [3.8, 4) is 0 Å². The van der Waals surface area contributed by atoms with E-state index in [9.17, 15) is 9.90 Å². The highest BCUT2D eigenvalue weighted by molar-refractivity contribution is 5.92. The fraction of sp³-hybridized carbons (Fsp3) is 0.381. The van der Waals surface area contributed by atoms with E-state index in [1.54, 1.807) is 10.9 Å². The van der Waals surface area contributed by atoms with Crippen LogP contribution in [0.15, 0.2) is 42.7 Å². The van der Waals surface area contributed by atoms with E-state index in [0.29, 0.717) is 13.1 Å². The maximum absolute atomic E-state index is 12.4. The zero-order chi connectivity index (χ0) is 19.7. The highest BCUT2D eigenvalue weighted by atomic mass is 16.3. The van der Waals surface area contributed by atoms with Crippen molar-refractivity contribution >= 4 is 22.5 Å². The van der Waals surface area contributed by atoms with E-state index in [0.717, 1.165) is 28.7 Å². The number of amides is 1. The number of fused-ring (bicyclic) bond motifs is 1. The van der Waals surface area contributed by atoms with Gasteiger partial charge >= 0.3 is 0 Å². The molecule has 7 heteroatoms. The summed E-state index contributed by atoms with van der Waals surface area (Å²) in [6.45, 7) is 3.38. The van der Waals surface area contributed by atoms with Gasteiger partial charge in [-0.15, -0.1) is 0 Å². The quantitative estimate of drug-likeness (QED) is 0.706. The number of carbonyl (C=O) groups is 1. The molecule has 0 bridgehead atoms. The second-order valence-corrected chi connectivity index (χ2v) is 7.53. The van der Waals surface area contributed by atoms with Gasteiger partial charge in [0.2, 0.25) is 5.91 Å². The molecule has 2 aromatic heterocycles. The largest absolute Gasteiger partial charge is 0.391 e. The lowest BCUT2D eigenvalue weighted by molar-refractivity contribution is -0.117. The first kappa shape index (κ1) is 18.6. The number of hydrogen-bond acceptors (Lipinski definition) is 5. The van der Waals surface area contributed by atoms with Gasteiger partial charge in [-0.3, -0.25) is 19.4 Å². The molecule has 1 fully saturated rings. The van der Waals surface area contributed by atoms with E-state index in [1.807, 2.05) is 49.3 Å². The number of anilines is 1. The van der Waals surface area contributed by atoms with Gasteiger partial charge in [0.05, 0.1) is 35.7 Å². The predicted molar refractivity (Wildman–Crippen MR) is 108 cm³/mol. The molecule has 1 amide bonds. The molecule has 1 aromatic carbocycles. The minimum absolute atomic E-state index is 0.0849. The third-order valence-corrected chi connectivity index (χ3v) is 5.58. The number of nitrogens with zero attached hydrogens (tertiary/aromatic N) is 4. The number of aromatic nitrogens is 3. The van der Waals surface area contributed by atoms with Crippen LogP contribution < -0.4 is 5.32 Å². The van der Waals surface area contributed by atoms with Crippen molar-refractivity contribution in [3.05, 3.63) is 54.0 Å². The van der Waals surface area contributed by atoms with Crippen LogP contribution >= 0.6 is 0 Å². The Morgan fingerprint density at radius 2 is 2.11 bits per heavy atom. The minimum Gasteiger partial charge on any atom is -0.391 e. The topological polar surface area (TPSA) is 83.3 Å². The Morgan fingerprint density at radius 1 is 1.29 bits per heavy atom. The number of pyridine rings is 1. The molecule has 1 saturated heterocycles.